The van der Waals surface area contributed by atoms with E-state index in [0.29, 0.717) is 29.7 Å². The van der Waals surface area contributed by atoms with Crippen molar-refractivity contribution in [3.63, 3.8) is 0 Å². The van der Waals surface area contributed by atoms with E-state index in [9.17, 15) is 14.2 Å². The van der Waals surface area contributed by atoms with Crippen LogP contribution in [-0.4, -0.2) is 62.2 Å². The number of ether oxygens (including phenoxy) is 3. The van der Waals surface area contributed by atoms with E-state index in [-0.39, 0.29) is 18.8 Å². The Morgan fingerprint density at radius 2 is 1.82 bits per heavy atom. The van der Waals surface area contributed by atoms with Gasteiger partial charge in [0.1, 0.15) is 29.4 Å². The number of esters is 2. The molecular weight excluding hydrogens is 535 g/mol. The third-order valence-corrected chi connectivity index (χ3v) is 8.77. The van der Waals surface area contributed by atoms with Gasteiger partial charge in [-0.25, -0.2) is 20.0 Å². The number of carbonyl (C=O) groups is 2. The van der Waals surface area contributed by atoms with Crippen molar-refractivity contribution >= 4 is 36.2 Å². The molecule has 0 aliphatic rings. The summed E-state index contributed by atoms with van der Waals surface area (Å²) in [5.41, 5.74) is 4.75. The number of carbonyl (C=O) groups excluding carboxylic acids is 2. The van der Waals surface area contributed by atoms with E-state index in [0.717, 1.165) is 0 Å². The van der Waals surface area contributed by atoms with Crippen molar-refractivity contribution in [2.75, 3.05) is 18.7 Å². The van der Waals surface area contributed by atoms with Crippen molar-refractivity contribution in [2.24, 2.45) is 0 Å². The van der Waals surface area contributed by atoms with Gasteiger partial charge in [-0.2, -0.15) is 0 Å². The normalized spacial score (nSPS) is 15.0. The van der Waals surface area contributed by atoms with Crippen LogP contribution in [0.2, 0.25) is 0 Å². The number of nitrogens with one attached hydrogen (secondary N) is 1. The monoisotopic (exact) mass is 574 g/mol. The molecule has 0 amide bonds. The Labute approximate surface area is 234 Å². The molecule has 218 valence electrons. The second kappa shape index (κ2) is 13.3. The fourth-order valence-corrected chi connectivity index (χ4v) is 7.06. The van der Waals surface area contributed by atoms with Crippen LogP contribution in [0.1, 0.15) is 59.2 Å². The van der Waals surface area contributed by atoms with E-state index >= 15 is 0 Å². The van der Waals surface area contributed by atoms with E-state index in [1.807, 2.05) is 6.92 Å². The maximum Gasteiger partial charge on any atom is 0.326 e. The molecule has 3 unspecified atom stereocenters. The van der Waals surface area contributed by atoms with Gasteiger partial charge in [-0.1, -0.05) is 37.3 Å². The average Bonchev–Trinajstić information content (AvgIpc) is 3.30. The third-order valence-electron chi connectivity index (χ3n) is 5.96. The van der Waals surface area contributed by atoms with Gasteiger partial charge in [0.15, 0.2) is 18.8 Å². The van der Waals surface area contributed by atoms with Crippen LogP contribution in [0.5, 0.6) is 0 Å². The lowest BCUT2D eigenvalue weighted by Crippen LogP contribution is -2.48. The summed E-state index contributed by atoms with van der Waals surface area (Å²) in [6.45, 7) is 10.8. The van der Waals surface area contributed by atoms with Gasteiger partial charge in [-0.15, -0.1) is 0 Å². The quantitative estimate of drug-likeness (QED) is 0.211. The van der Waals surface area contributed by atoms with Gasteiger partial charge < -0.3 is 29.1 Å². The topological polar surface area (TPSA) is 161 Å². The number of nitrogens with two attached hydrogens (primary N) is 1. The molecule has 0 aliphatic heterocycles. The van der Waals surface area contributed by atoms with Gasteiger partial charge in [-0.05, 0) is 46.6 Å². The van der Waals surface area contributed by atoms with Crippen molar-refractivity contribution in [1.29, 1.82) is 0 Å². The van der Waals surface area contributed by atoms with Gasteiger partial charge in [0.25, 0.3) is 0 Å². The molecule has 13 heteroatoms. The molecule has 3 N–H and O–H groups in total. The summed E-state index contributed by atoms with van der Waals surface area (Å²) in [6.07, 6.45) is 2.26. The number of rotatable bonds is 14. The van der Waals surface area contributed by atoms with Gasteiger partial charge in [0.05, 0.1) is 31.7 Å². The lowest BCUT2D eigenvalue weighted by Gasteiger charge is -2.35. The Morgan fingerprint density at radius 3 is 2.48 bits per heavy atom. The van der Waals surface area contributed by atoms with Gasteiger partial charge in [0.2, 0.25) is 0 Å². The van der Waals surface area contributed by atoms with Crippen molar-refractivity contribution in [2.45, 2.75) is 77.9 Å². The fraction of sp³-hybridized carbons (Fsp3) is 0.519. The first-order valence-electron chi connectivity index (χ1n) is 13.2. The summed E-state index contributed by atoms with van der Waals surface area (Å²) in [5, 5.41) is 2.98. The van der Waals surface area contributed by atoms with E-state index in [2.05, 4.69) is 20.0 Å². The molecule has 0 saturated carbocycles. The average molecular weight is 575 g/mol. The summed E-state index contributed by atoms with van der Waals surface area (Å²) in [5.74, 6) is -1.01. The maximum atomic E-state index is 14.9. The van der Waals surface area contributed by atoms with Crippen LogP contribution in [-0.2, 0) is 34.9 Å². The minimum Gasteiger partial charge on any atom is -0.464 e. The summed E-state index contributed by atoms with van der Waals surface area (Å²) in [7, 11) is -3.89. The zero-order chi connectivity index (χ0) is 29.5. The molecule has 0 bridgehead atoms. The summed E-state index contributed by atoms with van der Waals surface area (Å²) < 4.78 is 33.7. The predicted molar refractivity (Wildman–Crippen MR) is 152 cm³/mol. The first-order chi connectivity index (χ1) is 18.9. The highest BCUT2D eigenvalue weighted by molar-refractivity contribution is 7.63. The van der Waals surface area contributed by atoms with E-state index in [4.69, 9.17) is 19.9 Å². The van der Waals surface area contributed by atoms with Gasteiger partial charge >= 0.3 is 11.9 Å². The second-order valence-electron chi connectivity index (χ2n) is 10.4. The lowest BCUT2D eigenvalue weighted by atomic mass is 10.1. The van der Waals surface area contributed by atoms with Crippen molar-refractivity contribution in [1.82, 2.24) is 24.6 Å². The maximum absolute atomic E-state index is 14.9. The van der Waals surface area contributed by atoms with Crippen LogP contribution in [0, 0.1) is 0 Å². The third kappa shape index (κ3) is 7.65. The lowest BCUT2D eigenvalue weighted by molar-refractivity contribution is -0.150. The van der Waals surface area contributed by atoms with E-state index < -0.39 is 42.6 Å². The number of nitrogen functional groups attached to an aromatic ring is 1. The van der Waals surface area contributed by atoms with Crippen LogP contribution in [0.15, 0.2) is 43.0 Å². The SMILES string of the molecule is CCCOC(=O)C(C)(C)NP(=O)(COC(C)Cn1cnc2c(N)ncnc21)C(C(=O)OC(C)C)c1ccccc1. The highest BCUT2D eigenvalue weighted by Gasteiger charge is 2.47. The molecule has 2 heterocycles. The van der Waals surface area contributed by atoms with Crippen LogP contribution >= 0.6 is 7.29 Å². The highest BCUT2D eigenvalue weighted by atomic mass is 31.2. The zero-order valence-corrected chi connectivity index (χ0v) is 24.8. The number of aromatic nitrogens is 4. The smallest absolute Gasteiger partial charge is 0.326 e. The number of imidazole rings is 1. The molecule has 0 fully saturated rings. The Kier molecular flexibility index (Phi) is 10.4. The number of hydrogen-bond acceptors (Lipinski definition) is 10. The molecule has 0 radical (unpaired) electrons. The first-order valence-corrected chi connectivity index (χ1v) is 15.2. The fourth-order valence-electron chi connectivity index (χ4n) is 4.14. The molecule has 2 aromatic heterocycles. The summed E-state index contributed by atoms with van der Waals surface area (Å²) in [6, 6.07) is 8.69. The number of hydrogen-bond donors (Lipinski definition) is 2. The molecule has 3 atom stereocenters. The molecule has 3 rings (SSSR count). The minimum atomic E-state index is -3.89. The number of fused-ring (bicyclic) bond motifs is 1. The number of benzene rings is 1. The summed E-state index contributed by atoms with van der Waals surface area (Å²) in [4.78, 5) is 38.8. The van der Waals surface area contributed by atoms with Crippen molar-refractivity contribution < 1.29 is 28.4 Å². The van der Waals surface area contributed by atoms with Crippen molar-refractivity contribution in [3.8, 4) is 0 Å². The van der Waals surface area contributed by atoms with Gasteiger partial charge in [0, 0.05) is 0 Å². The predicted octanol–water partition coefficient (Wildman–Crippen LogP) is 4.06. The largest absolute Gasteiger partial charge is 0.464 e. The van der Waals surface area contributed by atoms with E-state index in [1.54, 1.807) is 75.8 Å². The van der Waals surface area contributed by atoms with Gasteiger partial charge in [-0.3, -0.25) is 9.59 Å². The van der Waals surface area contributed by atoms with Crippen LogP contribution in [0.3, 0.4) is 0 Å². The highest BCUT2D eigenvalue weighted by Crippen LogP contribution is 2.58. The molecule has 12 nitrogen and oxygen atoms in total. The summed E-state index contributed by atoms with van der Waals surface area (Å²) >= 11 is 0. The number of nitrogens with zero attached hydrogens (tertiary/aromatic N) is 4. The van der Waals surface area contributed by atoms with Crippen LogP contribution in [0.25, 0.3) is 11.2 Å². The Hall–Kier alpha value is -3.34. The molecular formula is C27H39N6O6P. The molecule has 3 aromatic rings. The molecule has 0 aliphatic carbocycles. The van der Waals surface area contributed by atoms with Crippen LogP contribution in [0.4, 0.5) is 5.82 Å². The molecule has 0 saturated heterocycles. The minimum absolute atomic E-state index is 0.214. The Balaban J connectivity index is 1.94. The molecule has 1 aromatic carbocycles. The number of anilines is 1. The first kappa shape index (κ1) is 31.2. The van der Waals surface area contributed by atoms with E-state index in [1.165, 1.54) is 6.33 Å². The van der Waals surface area contributed by atoms with Crippen molar-refractivity contribution in [3.05, 3.63) is 48.5 Å². The molecule has 0 spiro atoms. The molecule has 40 heavy (non-hydrogen) atoms. The standard InChI is InChI=1S/C27H39N6O6P/c1-7-13-37-26(35)27(5,6)32-40(36,22(25(34)39-18(2)3)20-11-9-8-10-12-20)17-38-19(4)14-33-16-31-21-23(28)29-15-30-24(21)33/h8-12,15-16,18-19,22H,7,13-14,17H2,1-6H3,(H,32,36)(H2,28,29,30). The second-order valence-corrected chi connectivity index (χ2v) is 13.0. The Bertz CT molecular complexity index is 1350. The van der Waals surface area contributed by atoms with Crippen LogP contribution < -0.4 is 10.8 Å². The Morgan fingerprint density at radius 1 is 1.12 bits per heavy atom. The zero-order valence-electron chi connectivity index (χ0n) is 23.9.